The lowest BCUT2D eigenvalue weighted by Crippen LogP contribution is -2.52. The molecule has 3 heterocycles. The summed E-state index contributed by atoms with van der Waals surface area (Å²) in [6.07, 6.45) is 3.21. The molecule has 206 valence electrons. The Balaban J connectivity index is 1.49. The minimum Gasteiger partial charge on any atom is -0.444 e. The molecule has 1 aliphatic rings. The van der Waals surface area contributed by atoms with Gasteiger partial charge in [0.1, 0.15) is 11.6 Å². The molecule has 2 aromatic heterocycles. The molecule has 1 aromatic carbocycles. The zero-order valence-corrected chi connectivity index (χ0v) is 23.6. The second kappa shape index (κ2) is 12.4. The van der Waals surface area contributed by atoms with Crippen LogP contribution in [0, 0.1) is 0 Å². The lowest BCUT2D eigenvalue weighted by molar-refractivity contribution is -0.134. The summed E-state index contributed by atoms with van der Waals surface area (Å²) in [5.41, 5.74) is 1.97. The van der Waals surface area contributed by atoms with Gasteiger partial charge in [0, 0.05) is 44.2 Å². The van der Waals surface area contributed by atoms with Crippen molar-refractivity contribution in [2.75, 3.05) is 18.4 Å². The van der Waals surface area contributed by atoms with Crippen LogP contribution in [0.1, 0.15) is 57.7 Å². The third-order valence-electron chi connectivity index (χ3n) is 6.23. The Hall–Kier alpha value is -3.79. The first-order valence-corrected chi connectivity index (χ1v) is 13.9. The zero-order chi connectivity index (χ0) is 28.0. The maximum absolute atomic E-state index is 13.8. The number of hydrogen-bond donors (Lipinski definition) is 2. The van der Waals surface area contributed by atoms with Crippen LogP contribution >= 0.6 is 11.3 Å². The number of carbonyl (C=O) groups excluding carboxylic acids is 3. The highest BCUT2D eigenvalue weighted by Gasteiger charge is 2.32. The number of likely N-dealkylation sites (tertiary alicyclic amines) is 1. The average molecular weight is 550 g/mol. The molecule has 2 N–H and O–H groups in total. The lowest BCUT2D eigenvalue weighted by atomic mass is 9.93. The van der Waals surface area contributed by atoms with E-state index in [0.29, 0.717) is 24.6 Å². The van der Waals surface area contributed by atoms with Crippen molar-refractivity contribution in [3.8, 4) is 10.6 Å². The number of nitrogens with zero attached hydrogens (tertiary/aromatic N) is 3. The topological polar surface area (TPSA) is 114 Å². The SMILES string of the molecule is CC(=O)Nc1ncc(-c2cccc([C@@H]3CCCN(C(=O)[C@@H](Cc4ccccc4)NC(=O)OC(C)(C)C)C3)n2)s1. The summed E-state index contributed by atoms with van der Waals surface area (Å²) < 4.78 is 5.45. The quantitative estimate of drug-likeness (QED) is 0.429. The number of piperidine rings is 1. The molecule has 3 amide bonds. The number of pyridine rings is 1. The van der Waals surface area contributed by atoms with E-state index < -0.39 is 17.7 Å². The van der Waals surface area contributed by atoms with Gasteiger partial charge >= 0.3 is 6.09 Å². The number of nitrogens with one attached hydrogen (secondary N) is 2. The number of ether oxygens (including phenoxy) is 1. The predicted octanol–water partition coefficient (Wildman–Crippen LogP) is 5.01. The van der Waals surface area contributed by atoms with E-state index in [1.165, 1.54) is 18.3 Å². The summed E-state index contributed by atoms with van der Waals surface area (Å²) in [6.45, 7) is 7.96. The number of alkyl carbamates (subject to hydrolysis) is 1. The molecule has 1 aliphatic heterocycles. The monoisotopic (exact) mass is 549 g/mol. The number of benzene rings is 1. The van der Waals surface area contributed by atoms with Gasteiger partial charge in [-0.25, -0.2) is 9.78 Å². The summed E-state index contributed by atoms with van der Waals surface area (Å²) >= 11 is 1.37. The largest absolute Gasteiger partial charge is 0.444 e. The van der Waals surface area contributed by atoms with Crippen LogP contribution in [-0.2, 0) is 20.7 Å². The van der Waals surface area contributed by atoms with Gasteiger partial charge in [0.25, 0.3) is 0 Å². The van der Waals surface area contributed by atoms with Gasteiger partial charge in [-0.1, -0.05) is 47.7 Å². The van der Waals surface area contributed by atoms with Crippen molar-refractivity contribution in [1.29, 1.82) is 0 Å². The molecule has 10 heteroatoms. The fourth-order valence-corrected chi connectivity index (χ4v) is 5.39. The first-order valence-electron chi connectivity index (χ1n) is 13.1. The number of thiazole rings is 1. The van der Waals surface area contributed by atoms with Gasteiger partial charge in [0.15, 0.2) is 5.13 Å². The minimum atomic E-state index is -0.746. The first-order chi connectivity index (χ1) is 18.6. The fraction of sp³-hybridized carbons (Fsp3) is 0.414. The molecule has 0 saturated carbocycles. The molecule has 0 aliphatic carbocycles. The summed E-state index contributed by atoms with van der Waals surface area (Å²) in [7, 11) is 0. The van der Waals surface area contributed by atoms with E-state index >= 15 is 0 Å². The minimum absolute atomic E-state index is 0.0595. The van der Waals surface area contributed by atoms with E-state index in [9.17, 15) is 14.4 Å². The lowest BCUT2D eigenvalue weighted by Gasteiger charge is -2.35. The van der Waals surface area contributed by atoms with Crippen LogP contribution in [0.5, 0.6) is 0 Å². The summed E-state index contributed by atoms with van der Waals surface area (Å²) in [5, 5.41) is 6.05. The Labute approximate surface area is 233 Å². The molecule has 3 aromatic rings. The number of carbonyl (C=O) groups is 3. The Morgan fingerprint density at radius 1 is 1.13 bits per heavy atom. The van der Waals surface area contributed by atoms with Gasteiger partial charge in [-0.3, -0.25) is 14.6 Å². The van der Waals surface area contributed by atoms with Gasteiger partial charge in [0.05, 0.1) is 10.6 Å². The van der Waals surface area contributed by atoms with Crippen LogP contribution in [0.3, 0.4) is 0 Å². The predicted molar refractivity (Wildman–Crippen MR) is 152 cm³/mol. The van der Waals surface area contributed by atoms with Crippen LogP contribution in [-0.4, -0.2) is 57.5 Å². The maximum Gasteiger partial charge on any atom is 0.408 e. The number of anilines is 1. The number of amides is 3. The van der Waals surface area contributed by atoms with Crippen LogP contribution in [0.2, 0.25) is 0 Å². The third kappa shape index (κ3) is 8.10. The summed E-state index contributed by atoms with van der Waals surface area (Å²) in [5.74, 6) is -0.242. The third-order valence-corrected chi connectivity index (χ3v) is 7.17. The standard InChI is InChI=1S/C29H35N5O4S/c1-19(35)31-27-30-17-25(39-27)23-14-8-13-22(32-23)21-12-9-15-34(18-21)26(36)24(16-20-10-6-5-7-11-20)33-28(37)38-29(2,3)4/h5-8,10-11,13-14,17,21,24H,9,12,15-16,18H2,1-4H3,(H,33,37)(H,30,31,35)/t21-,24-/m1/s1. The summed E-state index contributed by atoms with van der Waals surface area (Å²) in [4.78, 5) is 49.6. The molecular weight excluding hydrogens is 514 g/mol. The van der Waals surface area contributed by atoms with Crippen molar-refractivity contribution in [1.82, 2.24) is 20.2 Å². The van der Waals surface area contributed by atoms with Gasteiger partial charge in [0.2, 0.25) is 11.8 Å². The zero-order valence-electron chi connectivity index (χ0n) is 22.8. The number of hydrogen-bond acceptors (Lipinski definition) is 7. The van der Waals surface area contributed by atoms with Crippen molar-refractivity contribution < 1.29 is 19.1 Å². The molecule has 0 unspecified atom stereocenters. The molecular formula is C29H35N5O4S. The van der Waals surface area contributed by atoms with Crippen molar-refractivity contribution in [3.05, 3.63) is 66.0 Å². The Kier molecular flexibility index (Phi) is 8.96. The van der Waals surface area contributed by atoms with Crippen molar-refractivity contribution >= 4 is 34.4 Å². The first kappa shape index (κ1) is 28.2. The number of rotatable bonds is 7. The van der Waals surface area contributed by atoms with Crippen molar-refractivity contribution in [3.63, 3.8) is 0 Å². The molecule has 0 bridgehead atoms. The molecule has 2 atom stereocenters. The van der Waals surface area contributed by atoms with Gasteiger partial charge in [-0.2, -0.15) is 0 Å². The van der Waals surface area contributed by atoms with Gasteiger partial charge in [-0.15, -0.1) is 0 Å². The van der Waals surface area contributed by atoms with E-state index in [1.807, 2.05) is 53.4 Å². The van der Waals surface area contributed by atoms with Crippen LogP contribution in [0.4, 0.5) is 9.93 Å². The second-order valence-corrected chi connectivity index (χ2v) is 11.7. The van der Waals surface area contributed by atoms with E-state index in [4.69, 9.17) is 9.72 Å². The molecule has 1 saturated heterocycles. The maximum atomic E-state index is 13.8. The Morgan fingerprint density at radius 3 is 2.62 bits per heavy atom. The van der Waals surface area contributed by atoms with E-state index in [2.05, 4.69) is 15.6 Å². The van der Waals surface area contributed by atoms with E-state index in [-0.39, 0.29) is 17.7 Å². The molecule has 4 rings (SSSR count). The van der Waals surface area contributed by atoms with Crippen molar-refractivity contribution in [2.45, 2.75) is 64.5 Å². The van der Waals surface area contributed by atoms with Crippen molar-refractivity contribution in [2.24, 2.45) is 0 Å². The fourth-order valence-electron chi connectivity index (χ4n) is 4.56. The van der Waals surface area contributed by atoms with Gasteiger partial charge in [-0.05, 0) is 51.3 Å². The molecule has 1 fully saturated rings. The highest BCUT2D eigenvalue weighted by atomic mass is 32.1. The van der Waals surface area contributed by atoms with Gasteiger partial charge < -0.3 is 20.3 Å². The number of aromatic nitrogens is 2. The molecule has 0 spiro atoms. The normalized spacial score (nSPS) is 16.3. The molecule has 0 radical (unpaired) electrons. The Bertz CT molecular complexity index is 1300. The van der Waals surface area contributed by atoms with E-state index in [1.54, 1.807) is 27.0 Å². The van der Waals surface area contributed by atoms with Crippen LogP contribution in [0.15, 0.2) is 54.7 Å². The van der Waals surface area contributed by atoms with Crippen LogP contribution < -0.4 is 10.6 Å². The highest BCUT2D eigenvalue weighted by Crippen LogP contribution is 2.31. The molecule has 39 heavy (non-hydrogen) atoms. The smallest absolute Gasteiger partial charge is 0.408 e. The average Bonchev–Trinajstić information content (AvgIpc) is 3.35. The van der Waals surface area contributed by atoms with Crippen LogP contribution in [0.25, 0.3) is 10.6 Å². The second-order valence-electron chi connectivity index (χ2n) is 10.7. The van der Waals surface area contributed by atoms with E-state index in [0.717, 1.165) is 34.7 Å². The molecule has 9 nitrogen and oxygen atoms in total. The Morgan fingerprint density at radius 2 is 1.90 bits per heavy atom. The highest BCUT2D eigenvalue weighted by molar-refractivity contribution is 7.19. The summed E-state index contributed by atoms with van der Waals surface area (Å²) in [6, 6.07) is 14.8.